The number of hydrogen-bond acceptors (Lipinski definition) is 4. The topological polar surface area (TPSA) is 36.0 Å². The summed E-state index contributed by atoms with van der Waals surface area (Å²) in [5, 5.41) is 0. The van der Waals surface area contributed by atoms with Crippen LogP contribution in [0, 0.1) is 0 Å². The SMILES string of the molecule is COc1ccccc1N1CCN(c2ccc(CCCC(=O)N3CCCCCC3)cc2)CC1. The Bertz CT molecular complexity index is 851. The van der Waals surface area contributed by atoms with Crippen molar-refractivity contribution in [3.8, 4) is 5.75 Å². The normalized spacial score (nSPS) is 17.2. The lowest BCUT2D eigenvalue weighted by Crippen LogP contribution is -2.46. The maximum atomic E-state index is 12.5. The monoisotopic (exact) mass is 435 g/mol. The first-order valence-electron chi connectivity index (χ1n) is 12.2. The van der Waals surface area contributed by atoms with Crippen LogP contribution in [0.15, 0.2) is 48.5 Å². The van der Waals surface area contributed by atoms with Gasteiger partial charge in [0.15, 0.2) is 0 Å². The van der Waals surface area contributed by atoms with Crippen LogP contribution in [0.2, 0.25) is 0 Å². The first kappa shape index (κ1) is 22.5. The number of methoxy groups -OCH3 is 1. The highest BCUT2D eigenvalue weighted by molar-refractivity contribution is 5.76. The largest absolute Gasteiger partial charge is 0.495 e. The number of carbonyl (C=O) groups excluding carboxylic acids is 1. The molecule has 0 aromatic heterocycles. The third kappa shape index (κ3) is 5.76. The van der Waals surface area contributed by atoms with Crippen molar-refractivity contribution in [2.45, 2.75) is 44.9 Å². The number of rotatable bonds is 7. The molecule has 32 heavy (non-hydrogen) atoms. The van der Waals surface area contributed by atoms with Crippen molar-refractivity contribution >= 4 is 17.3 Å². The number of amides is 1. The number of carbonyl (C=O) groups is 1. The summed E-state index contributed by atoms with van der Waals surface area (Å²) in [5.74, 6) is 1.29. The number of nitrogens with zero attached hydrogens (tertiary/aromatic N) is 3. The number of aryl methyl sites for hydroxylation is 1. The van der Waals surface area contributed by atoms with Crippen LogP contribution in [0.1, 0.15) is 44.1 Å². The molecule has 4 rings (SSSR count). The molecule has 5 nitrogen and oxygen atoms in total. The number of hydrogen-bond donors (Lipinski definition) is 0. The Morgan fingerprint density at radius 2 is 1.47 bits per heavy atom. The molecule has 1 amide bonds. The fourth-order valence-electron chi connectivity index (χ4n) is 4.89. The molecule has 0 aliphatic carbocycles. The molecule has 2 fully saturated rings. The van der Waals surface area contributed by atoms with E-state index in [-0.39, 0.29) is 0 Å². The van der Waals surface area contributed by atoms with Crippen LogP contribution < -0.4 is 14.5 Å². The predicted octanol–water partition coefficient (Wildman–Crippen LogP) is 4.75. The Balaban J connectivity index is 1.23. The first-order valence-corrected chi connectivity index (χ1v) is 12.2. The minimum Gasteiger partial charge on any atom is -0.495 e. The fraction of sp³-hybridized carbons (Fsp3) is 0.519. The molecule has 2 aromatic carbocycles. The van der Waals surface area contributed by atoms with Gasteiger partial charge in [-0.05, 0) is 55.5 Å². The van der Waals surface area contributed by atoms with Gasteiger partial charge in [-0.1, -0.05) is 37.1 Å². The summed E-state index contributed by atoms with van der Waals surface area (Å²) in [6.07, 6.45) is 7.46. The lowest BCUT2D eigenvalue weighted by Gasteiger charge is -2.37. The van der Waals surface area contributed by atoms with Gasteiger partial charge in [-0.3, -0.25) is 4.79 Å². The second-order valence-corrected chi connectivity index (χ2v) is 8.96. The lowest BCUT2D eigenvalue weighted by atomic mass is 10.1. The van der Waals surface area contributed by atoms with E-state index in [1.807, 2.05) is 12.1 Å². The van der Waals surface area contributed by atoms with E-state index in [0.29, 0.717) is 12.3 Å². The van der Waals surface area contributed by atoms with Gasteiger partial charge in [0.1, 0.15) is 5.75 Å². The minimum atomic E-state index is 0.344. The van der Waals surface area contributed by atoms with E-state index in [9.17, 15) is 4.79 Å². The van der Waals surface area contributed by atoms with Crippen LogP contribution in [0.5, 0.6) is 5.75 Å². The highest BCUT2D eigenvalue weighted by atomic mass is 16.5. The lowest BCUT2D eigenvalue weighted by molar-refractivity contribution is -0.131. The number of para-hydroxylation sites is 2. The van der Waals surface area contributed by atoms with E-state index in [1.165, 1.54) is 42.6 Å². The molecule has 2 aliphatic heterocycles. The van der Waals surface area contributed by atoms with E-state index in [0.717, 1.165) is 57.9 Å². The van der Waals surface area contributed by atoms with Gasteiger partial charge in [-0.25, -0.2) is 0 Å². The summed E-state index contributed by atoms with van der Waals surface area (Å²) in [4.78, 5) is 19.4. The smallest absolute Gasteiger partial charge is 0.222 e. The van der Waals surface area contributed by atoms with Crippen LogP contribution in [0.4, 0.5) is 11.4 Å². The Hall–Kier alpha value is -2.69. The molecule has 0 unspecified atom stereocenters. The Labute approximate surface area is 193 Å². The molecule has 0 saturated carbocycles. The molecular formula is C27H37N3O2. The second-order valence-electron chi connectivity index (χ2n) is 8.96. The molecule has 0 radical (unpaired) electrons. The molecule has 2 aromatic rings. The zero-order valence-electron chi connectivity index (χ0n) is 19.5. The van der Waals surface area contributed by atoms with E-state index < -0.39 is 0 Å². The number of piperazine rings is 1. The molecular weight excluding hydrogens is 398 g/mol. The van der Waals surface area contributed by atoms with Crippen LogP contribution in [0.25, 0.3) is 0 Å². The van der Waals surface area contributed by atoms with E-state index in [2.05, 4.69) is 51.1 Å². The number of ether oxygens (including phenoxy) is 1. The minimum absolute atomic E-state index is 0.344. The molecule has 2 aliphatic rings. The maximum Gasteiger partial charge on any atom is 0.222 e. The first-order chi connectivity index (χ1) is 15.7. The summed E-state index contributed by atoms with van der Waals surface area (Å²) < 4.78 is 5.53. The summed E-state index contributed by atoms with van der Waals surface area (Å²) in [6, 6.07) is 17.2. The van der Waals surface area contributed by atoms with Crippen molar-refractivity contribution in [1.29, 1.82) is 0 Å². The van der Waals surface area contributed by atoms with E-state index in [1.54, 1.807) is 7.11 Å². The van der Waals surface area contributed by atoms with Gasteiger partial charge < -0.3 is 19.4 Å². The third-order valence-corrected chi connectivity index (χ3v) is 6.82. The average molecular weight is 436 g/mol. The zero-order valence-corrected chi connectivity index (χ0v) is 19.5. The Kier molecular flexibility index (Phi) is 7.92. The van der Waals surface area contributed by atoms with Gasteiger partial charge in [0.05, 0.1) is 12.8 Å². The van der Waals surface area contributed by atoms with Crippen molar-refractivity contribution in [2.24, 2.45) is 0 Å². The zero-order chi connectivity index (χ0) is 22.2. The van der Waals surface area contributed by atoms with Gasteiger partial charge >= 0.3 is 0 Å². The maximum absolute atomic E-state index is 12.5. The van der Waals surface area contributed by atoms with Crippen molar-refractivity contribution in [3.63, 3.8) is 0 Å². The van der Waals surface area contributed by atoms with Gasteiger partial charge in [-0.2, -0.15) is 0 Å². The molecule has 0 bridgehead atoms. The standard InChI is InChI=1S/C27H37N3O2/c1-32-26-11-5-4-10-25(26)29-21-19-28(20-22-29)24-15-13-23(14-16-24)9-8-12-27(31)30-17-6-2-3-7-18-30/h4-5,10-11,13-16H,2-3,6-9,12,17-22H2,1H3. The fourth-order valence-corrected chi connectivity index (χ4v) is 4.89. The van der Waals surface area contributed by atoms with Crippen molar-refractivity contribution in [3.05, 3.63) is 54.1 Å². The van der Waals surface area contributed by atoms with Gasteiger partial charge in [-0.15, -0.1) is 0 Å². The van der Waals surface area contributed by atoms with Crippen molar-refractivity contribution in [2.75, 3.05) is 56.2 Å². The second kappa shape index (κ2) is 11.3. The van der Waals surface area contributed by atoms with Crippen LogP contribution in [-0.4, -0.2) is 57.2 Å². The number of benzene rings is 2. The molecule has 2 heterocycles. The molecule has 0 atom stereocenters. The van der Waals surface area contributed by atoms with Crippen LogP contribution >= 0.6 is 0 Å². The summed E-state index contributed by atoms with van der Waals surface area (Å²) in [5.41, 5.74) is 3.79. The molecule has 0 spiro atoms. The van der Waals surface area contributed by atoms with Gasteiger partial charge in [0.25, 0.3) is 0 Å². The molecule has 172 valence electrons. The summed E-state index contributed by atoms with van der Waals surface area (Å²) in [6.45, 7) is 5.89. The van der Waals surface area contributed by atoms with Gasteiger partial charge in [0, 0.05) is 51.4 Å². The summed E-state index contributed by atoms with van der Waals surface area (Å²) in [7, 11) is 1.74. The van der Waals surface area contributed by atoms with Crippen LogP contribution in [0.3, 0.4) is 0 Å². The number of anilines is 2. The molecule has 0 N–H and O–H groups in total. The van der Waals surface area contributed by atoms with E-state index >= 15 is 0 Å². The Morgan fingerprint density at radius 1 is 0.812 bits per heavy atom. The highest BCUT2D eigenvalue weighted by Crippen LogP contribution is 2.29. The Morgan fingerprint density at radius 3 is 2.16 bits per heavy atom. The van der Waals surface area contributed by atoms with Gasteiger partial charge in [0.2, 0.25) is 5.91 Å². The van der Waals surface area contributed by atoms with Crippen LogP contribution in [-0.2, 0) is 11.2 Å². The average Bonchev–Trinajstić information content (AvgIpc) is 3.14. The third-order valence-electron chi connectivity index (χ3n) is 6.82. The quantitative estimate of drug-likeness (QED) is 0.629. The van der Waals surface area contributed by atoms with Crippen molar-refractivity contribution in [1.82, 2.24) is 4.90 Å². The predicted molar refractivity (Wildman–Crippen MR) is 132 cm³/mol. The number of likely N-dealkylation sites (tertiary alicyclic amines) is 1. The molecule has 2 saturated heterocycles. The van der Waals surface area contributed by atoms with Crippen molar-refractivity contribution < 1.29 is 9.53 Å². The van der Waals surface area contributed by atoms with E-state index in [4.69, 9.17) is 4.74 Å². The summed E-state index contributed by atoms with van der Waals surface area (Å²) >= 11 is 0. The molecule has 5 heteroatoms. The highest BCUT2D eigenvalue weighted by Gasteiger charge is 2.20.